The van der Waals surface area contributed by atoms with E-state index in [4.69, 9.17) is 4.74 Å². The van der Waals surface area contributed by atoms with E-state index >= 15 is 0 Å². The molecule has 1 N–H and O–H groups in total. The summed E-state index contributed by atoms with van der Waals surface area (Å²) in [5, 5.41) is 11.9. The molecule has 1 fully saturated rings. The molecule has 2 aromatic carbocycles. The Labute approximate surface area is 203 Å². The van der Waals surface area contributed by atoms with E-state index in [1.165, 1.54) is 17.8 Å². The molecule has 4 rings (SSSR count). The summed E-state index contributed by atoms with van der Waals surface area (Å²) < 4.78 is 22.5. The minimum Gasteiger partial charge on any atom is -0.372 e. The van der Waals surface area contributed by atoms with Crippen LogP contribution in [0.5, 0.6) is 0 Å². The molecule has 1 amide bonds. The van der Waals surface area contributed by atoms with Gasteiger partial charge in [0.05, 0.1) is 29.3 Å². The van der Waals surface area contributed by atoms with Gasteiger partial charge in [0.25, 0.3) is 0 Å². The Morgan fingerprint density at radius 2 is 1.82 bits per heavy atom. The summed E-state index contributed by atoms with van der Waals surface area (Å²) in [6.45, 7) is 11.2. The molecule has 0 spiro atoms. The van der Waals surface area contributed by atoms with Crippen molar-refractivity contribution in [1.29, 1.82) is 0 Å². The summed E-state index contributed by atoms with van der Waals surface area (Å²) in [4.78, 5) is 14.6. The standard InChI is InChI=1S/C25H30FN5O2S/c1-15-6-7-16(2)23(10-15)31-19(5)28-29-25(31)34-14-24(32)27-20-8-9-22(21(26)11-20)30-12-17(3)33-18(4)13-30/h6-11,17-18H,12-14H2,1-5H3,(H,27,32). The first-order valence-electron chi connectivity index (χ1n) is 11.3. The van der Waals surface area contributed by atoms with E-state index < -0.39 is 0 Å². The average Bonchev–Trinajstić information content (AvgIpc) is 3.13. The molecule has 3 aromatic rings. The maximum Gasteiger partial charge on any atom is 0.234 e. The van der Waals surface area contributed by atoms with Crippen molar-refractivity contribution in [2.75, 3.05) is 29.1 Å². The summed E-state index contributed by atoms with van der Waals surface area (Å²) in [6.07, 6.45) is 0.0719. The van der Waals surface area contributed by atoms with Gasteiger partial charge in [0, 0.05) is 18.8 Å². The summed E-state index contributed by atoms with van der Waals surface area (Å²) in [6, 6.07) is 11.0. The van der Waals surface area contributed by atoms with E-state index in [2.05, 4.69) is 33.7 Å². The van der Waals surface area contributed by atoms with Gasteiger partial charge in [-0.2, -0.15) is 0 Å². The quantitative estimate of drug-likeness (QED) is 0.514. The van der Waals surface area contributed by atoms with Crippen LogP contribution in [-0.2, 0) is 9.53 Å². The number of aromatic nitrogens is 3. The third-order valence-corrected chi connectivity index (χ3v) is 6.65. The summed E-state index contributed by atoms with van der Waals surface area (Å²) >= 11 is 1.30. The highest BCUT2D eigenvalue weighted by molar-refractivity contribution is 7.99. The number of morpholine rings is 1. The highest BCUT2D eigenvalue weighted by Gasteiger charge is 2.24. The highest BCUT2D eigenvalue weighted by Crippen LogP contribution is 2.27. The molecule has 34 heavy (non-hydrogen) atoms. The maximum absolute atomic E-state index is 14.8. The number of rotatable bonds is 6. The predicted molar refractivity (Wildman–Crippen MR) is 134 cm³/mol. The van der Waals surface area contributed by atoms with Crippen molar-refractivity contribution in [3.63, 3.8) is 0 Å². The van der Waals surface area contributed by atoms with Crippen LogP contribution in [0.3, 0.4) is 0 Å². The molecule has 0 saturated carbocycles. The Morgan fingerprint density at radius 1 is 1.09 bits per heavy atom. The molecule has 2 unspecified atom stereocenters. The third-order valence-electron chi connectivity index (χ3n) is 5.72. The number of nitrogens with one attached hydrogen (secondary N) is 1. The second-order valence-corrected chi connectivity index (χ2v) is 9.76. The normalized spacial score (nSPS) is 18.2. The first-order valence-corrected chi connectivity index (χ1v) is 12.3. The first-order chi connectivity index (χ1) is 16.2. The van der Waals surface area contributed by atoms with Crippen molar-refractivity contribution in [3.8, 4) is 5.69 Å². The largest absolute Gasteiger partial charge is 0.372 e. The zero-order chi connectivity index (χ0) is 24.4. The van der Waals surface area contributed by atoms with Crippen molar-refractivity contribution in [1.82, 2.24) is 14.8 Å². The SMILES string of the molecule is Cc1ccc(C)c(-n2c(C)nnc2SCC(=O)Nc2ccc(N3CC(C)OC(C)C3)c(F)c2)c1. The van der Waals surface area contributed by atoms with Gasteiger partial charge in [0.1, 0.15) is 11.6 Å². The Morgan fingerprint density at radius 3 is 2.53 bits per heavy atom. The van der Waals surface area contributed by atoms with Gasteiger partial charge in [-0.25, -0.2) is 4.39 Å². The second kappa shape index (κ2) is 10.1. The van der Waals surface area contributed by atoms with Gasteiger partial charge in [-0.3, -0.25) is 9.36 Å². The van der Waals surface area contributed by atoms with Gasteiger partial charge < -0.3 is 15.0 Å². The van der Waals surface area contributed by atoms with Gasteiger partial charge in [0.15, 0.2) is 5.16 Å². The monoisotopic (exact) mass is 483 g/mol. The molecule has 2 atom stereocenters. The fraction of sp³-hybridized carbons (Fsp3) is 0.400. The maximum atomic E-state index is 14.8. The van der Waals surface area contributed by atoms with Crippen LogP contribution in [0.25, 0.3) is 5.69 Å². The molecule has 0 radical (unpaired) electrons. The molecular formula is C25H30FN5O2S. The fourth-order valence-corrected chi connectivity index (χ4v) is 5.01. The van der Waals surface area contributed by atoms with E-state index in [9.17, 15) is 9.18 Å². The Kier molecular flexibility index (Phi) is 7.23. The molecule has 9 heteroatoms. The van der Waals surface area contributed by atoms with E-state index in [1.807, 2.05) is 44.1 Å². The van der Waals surface area contributed by atoms with Crippen LogP contribution in [0.2, 0.25) is 0 Å². The predicted octanol–water partition coefficient (Wildman–Crippen LogP) is 4.68. The number of carbonyl (C=O) groups excluding carboxylic acids is 1. The fourth-order valence-electron chi connectivity index (χ4n) is 4.22. The summed E-state index contributed by atoms with van der Waals surface area (Å²) in [5.74, 6) is 0.280. The zero-order valence-corrected chi connectivity index (χ0v) is 20.9. The van der Waals surface area contributed by atoms with Crippen LogP contribution >= 0.6 is 11.8 Å². The topological polar surface area (TPSA) is 72.3 Å². The van der Waals surface area contributed by atoms with Crippen LogP contribution in [0.4, 0.5) is 15.8 Å². The van der Waals surface area contributed by atoms with Crippen LogP contribution in [-0.4, -0.2) is 51.7 Å². The molecule has 1 saturated heterocycles. The van der Waals surface area contributed by atoms with E-state index in [0.29, 0.717) is 29.6 Å². The van der Waals surface area contributed by atoms with Gasteiger partial charge in [-0.15, -0.1) is 10.2 Å². The van der Waals surface area contributed by atoms with Crippen LogP contribution in [0.1, 0.15) is 30.8 Å². The van der Waals surface area contributed by atoms with Gasteiger partial charge >= 0.3 is 0 Å². The van der Waals surface area contributed by atoms with Crippen LogP contribution in [0.15, 0.2) is 41.6 Å². The van der Waals surface area contributed by atoms with Crippen molar-refractivity contribution in [3.05, 3.63) is 59.2 Å². The molecule has 1 aliphatic rings. The lowest BCUT2D eigenvalue weighted by molar-refractivity contribution is -0.113. The number of benzene rings is 2. The molecular weight excluding hydrogens is 453 g/mol. The molecule has 180 valence electrons. The third kappa shape index (κ3) is 5.42. The van der Waals surface area contributed by atoms with Gasteiger partial charge in [-0.1, -0.05) is 23.9 Å². The zero-order valence-electron chi connectivity index (χ0n) is 20.1. The molecule has 1 aromatic heterocycles. The van der Waals surface area contributed by atoms with Crippen molar-refractivity contribution in [2.24, 2.45) is 0 Å². The number of nitrogens with zero attached hydrogens (tertiary/aromatic N) is 4. The number of ether oxygens (including phenoxy) is 1. The van der Waals surface area contributed by atoms with E-state index in [1.54, 1.807) is 12.1 Å². The van der Waals surface area contributed by atoms with Crippen molar-refractivity contribution >= 4 is 29.0 Å². The minimum absolute atomic E-state index is 0.0359. The number of hydrogen-bond acceptors (Lipinski definition) is 6. The van der Waals surface area contributed by atoms with Crippen molar-refractivity contribution < 1.29 is 13.9 Å². The lowest BCUT2D eigenvalue weighted by Gasteiger charge is -2.37. The summed E-state index contributed by atoms with van der Waals surface area (Å²) in [7, 11) is 0. The highest BCUT2D eigenvalue weighted by atomic mass is 32.2. The number of thioether (sulfide) groups is 1. The smallest absolute Gasteiger partial charge is 0.234 e. The van der Waals surface area contributed by atoms with Crippen LogP contribution in [0, 0.1) is 26.6 Å². The van der Waals surface area contributed by atoms with Crippen LogP contribution < -0.4 is 10.2 Å². The number of aryl methyl sites for hydroxylation is 3. The Bertz CT molecular complexity index is 1190. The number of amides is 1. The van der Waals surface area contributed by atoms with Gasteiger partial charge in [0.2, 0.25) is 5.91 Å². The van der Waals surface area contributed by atoms with Crippen molar-refractivity contribution in [2.45, 2.75) is 52.0 Å². The average molecular weight is 484 g/mol. The molecule has 1 aliphatic heterocycles. The molecule has 7 nitrogen and oxygen atoms in total. The molecule has 2 heterocycles. The lowest BCUT2D eigenvalue weighted by Crippen LogP contribution is -2.45. The number of anilines is 2. The Hall–Kier alpha value is -2.91. The number of carbonyl (C=O) groups is 1. The Balaban J connectivity index is 1.42. The first kappa shape index (κ1) is 24.2. The minimum atomic E-state index is -0.364. The molecule has 0 aliphatic carbocycles. The van der Waals surface area contributed by atoms with E-state index in [0.717, 1.165) is 22.6 Å². The second-order valence-electron chi connectivity index (χ2n) is 8.82. The molecule has 0 bridgehead atoms. The van der Waals surface area contributed by atoms with Gasteiger partial charge in [-0.05, 0) is 70.0 Å². The number of halogens is 1. The summed E-state index contributed by atoms with van der Waals surface area (Å²) in [5.41, 5.74) is 4.17. The van der Waals surface area contributed by atoms with E-state index in [-0.39, 0.29) is 29.7 Å². The lowest BCUT2D eigenvalue weighted by atomic mass is 10.1. The number of hydrogen-bond donors (Lipinski definition) is 1.